The SMILES string of the molecule is COc1ccc(Cl)cc1NC(=O)C(=O)NCC(C)(O)C1CC1. The Hall–Kier alpha value is -1.79. The van der Waals surface area contributed by atoms with Crippen molar-refractivity contribution in [1.29, 1.82) is 0 Å². The number of nitrogens with one attached hydrogen (secondary N) is 2. The van der Waals surface area contributed by atoms with E-state index in [0.717, 1.165) is 12.8 Å². The van der Waals surface area contributed by atoms with E-state index in [1.807, 2.05) is 0 Å². The van der Waals surface area contributed by atoms with Gasteiger partial charge in [0, 0.05) is 11.6 Å². The number of benzene rings is 1. The summed E-state index contributed by atoms with van der Waals surface area (Å²) in [5.74, 6) is -1.07. The van der Waals surface area contributed by atoms with Gasteiger partial charge in [0.15, 0.2) is 0 Å². The van der Waals surface area contributed by atoms with E-state index >= 15 is 0 Å². The quantitative estimate of drug-likeness (QED) is 0.717. The van der Waals surface area contributed by atoms with Crippen LogP contribution in [-0.4, -0.2) is 36.2 Å². The molecule has 0 aromatic heterocycles. The topological polar surface area (TPSA) is 87.7 Å². The Balaban J connectivity index is 1.94. The third-order valence-electron chi connectivity index (χ3n) is 3.68. The lowest BCUT2D eigenvalue weighted by Gasteiger charge is -2.23. The van der Waals surface area contributed by atoms with Crippen molar-refractivity contribution in [1.82, 2.24) is 5.32 Å². The Labute approximate surface area is 133 Å². The number of ether oxygens (including phenoxy) is 1. The van der Waals surface area contributed by atoms with Crippen LogP contribution in [0.15, 0.2) is 18.2 Å². The molecule has 2 amide bonds. The fourth-order valence-electron chi connectivity index (χ4n) is 2.15. The normalized spacial score (nSPS) is 16.5. The lowest BCUT2D eigenvalue weighted by atomic mass is 10.0. The molecule has 7 heteroatoms. The van der Waals surface area contributed by atoms with Crippen LogP contribution in [0.2, 0.25) is 5.02 Å². The monoisotopic (exact) mass is 326 g/mol. The minimum absolute atomic E-state index is 0.0383. The van der Waals surface area contributed by atoms with E-state index in [1.54, 1.807) is 19.1 Å². The van der Waals surface area contributed by atoms with Gasteiger partial charge in [-0.3, -0.25) is 9.59 Å². The molecule has 0 bridgehead atoms. The van der Waals surface area contributed by atoms with Gasteiger partial charge in [0.05, 0.1) is 18.4 Å². The first kappa shape index (κ1) is 16.6. The van der Waals surface area contributed by atoms with E-state index < -0.39 is 17.4 Å². The van der Waals surface area contributed by atoms with Gasteiger partial charge in [0.25, 0.3) is 0 Å². The highest BCUT2D eigenvalue weighted by Gasteiger charge is 2.40. The Bertz CT molecular complexity index is 585. The number of rotatable bonds is 5. The smallest absolute Gasteiger partial charge is 0.313 e. The maximum Gasteiger partial charge on any atom is 0.313 e. The van der Waals surface area contributed by atoms with E-state index in [-0.39, 0.29) is 12.5 Å². The Morgan fingerprint density at radius 1 is 1.41 bits per heavy atom. The molecule has 0 saturated heterocycles. The summed E-state index contributed by atoms with van der Waals surface area (Å²) >= 11 is 5.86. The van der Waals surface area contributed by atoms with Gasteiger partial charge in [-0.1, -0.05) is 11.6 Å². The first-order valence-electron chi connectivity index (χ1n) is 6.98. The Kier molecular flexibility index (Phi) is 4.93. The van der Waals surface area contributed by atoms with Crippen LogP contribution in [0.3, 0.4) is 0 Å². The van der Waals surface area contributed by atoms with E-state index in [9.17, 15) is 14.7 Å². The summed E-state index contributed by atoms with van der Waals surface area (Å²) in [7, 11) is 1.45. The Morgan fingerprint density at radius 2 is 2.09 bits per heavy atom. The molecule has 6 nitrogen and oxygen atoms in total. The van der Waals surface area contributed by atoms with Gasteiger partial charge in [0.1, 0.15) is 5.75 Å². The summed E-state index contributed by atoms with van der Waals surface area (Å²) < 4.78 is 5.09. The molecule has 1 fully saturated rings. The fraction of sp³-hybridized carbons (Fsp3) is 0.467. The zero-order valence-electron chi connectivity index (χ0n) is 12.5. The van der Waals surface area contributed by atoms with Crippen molar-refractivity contribution >= 4 is 29.1 Å². The summed E-state index contributed by atoms with van der Waals surface area (Å²) in [5.41, 5.74) is -0.673. The number of carbonyl (C=O) groups excluding carboxylic acids is 2. The van der Waals surface area contributed by atoms with E-state index in [2.05, 4.69) is 10.6 Å². The molecule has 1 aliphatic rings. The van der Waals surface area contributed by atoms with Crippen molar-refractivity contribution in [3.63, 3.8) is 0 Å². The molecule has 120 valence electrons. The van der Waals surface area contributed by atoms with E-state index in [1.165, 1.54) is 13.2 Å². The number of hydrogen-bond donors (Lipinski definition) is 3. The van der Waals surface area contributed by atoms with Crippen molar-refractivity contribution in [3.8, 4) is 5.75 Å². The number of halogens is 1. The highest BCUT2D eigenvalue weighted by atomic mass is 35.5. The number of carbonyl (C=O) groups is 2. The average molecular weight is 327 g/mol. The number of anilines is 1. The maximum absolute atomic E-state index is 11.9. The molecule has 0 spiro atoms. The first-order valence-corrected chi connectivity index (χ1v) is 7.36. The van der Waals surface area contributed by atoms with Crippen molar-refractivity contribution in [2.24, 2.45) is 5.92 Å². The third kappa shape index (κ3) is 4.11. The molecule has 1 aromatic rings. The molecule has 0 radical (unpaired) electrons. The van der Waals surface area contributed by atoms with Crippen LogP contribution in [0, 0.1) is 5.92 Å². The van der Waals surface area contributed by atoms with Gasteiger partial charge >= 0.3 is 11.8 Å². The zero-order valence-corrected chi connectivity index (χ0v) is 13.2. The number of hydrogen-bond acceptors (Lipinski definition) is 4. The van der Waals surface area contributed by atoms with Gasteiger partial charge in [0.2, 0.25) is 0 Å². The molecular formula is C15H19ClN2O4. The van der Waals surface area contributed by atoms with Crippen LogP contribution in [0.1, 0.15) is 19.8 Å². The van der Waals surface area contributed by atoms with E-state index in [0.29, 0.717) is 16.5 Å². The first-order chi connectivity index (χ1) is 10.3. The van der Waals surface area contributed by atoms with Crippen molar-refractivity contribution in [2.45, 2.75) is 25.4 Å². The van der Waals surface area contributed by atoms with Crippen LogP contribution in [0.4, 0.5) is 5.69 Å². The zero-order chi connectivity index (χ0) is 16.3. The minimum Gasteiger partial charge on any atom is -0.495 e. The average Bonchev–Trinajstić information content (AvgIpc) is 3.30. The molecule has 1 saturated carbocycles. The summed E-state index contributed by atoms with van der Waals surface area (Å²) in [4.78, 5) is 23.7. The molecule has 22 heavy (non-hydrogen) atoms. The van der Waals surface area contributed by atoms with Crippen molar-refractivity contribution < 1.29 is 19.4 Å². The van der Waals surface area contributed by atoms with Crippen LogP contribution >= 0.6 is 11.6 Å². The lowest BCUT2D eigenvalue weighted by molar-refractivity contribution is -0.136. The predicted molar refractivity (Wildman–Crippen MR) is 83.0 cm³/mol. The Morgan fingerprint density at radius 3 is 2.68 bits per heavy atom. The van der Waals surface area contributed by atoms with Crippen LogP contribution < -0.4 is 15.4 Å². The second-order valence-electron chi connectivity index (χ2n) is 5.61. The van der Waals surface area contributed by atoms with Crippen LogP contribution in [0.25, 0.3) is 0 Å². The minimum atomic E-state index is -0.982. The number of aliphatic hydroxyl groups is 1. The molecule has 1 aliphatic carbocycles. The van der Waals surface area contributed by atoms with Crippen molar-refractivity contribution in [3.05, 3.63) is 23.2 Å². The van der Waals surface area contributed by atoms with Gasteiger partial charge in [-0.05, 0) is 43.9 Å². The molecule has 2 rings (SSSR count). The summed E-state index contributed by atoms with van der Waals surface area (Å²) in [5, 5.41) is 15.4. The van der Waals surface area contributed by atoms with Gasteiger partial charge in [-0.15, -0.1) is 0 Å². The lowest BCUT2D eigenvalue weighted by Crippen LogP contribution is -2.45. The molecule has 3 N–H and O–H groups in total. The van der Waals surface area contributed by atoms with Crippen LogP contribution in [0.5, 0.6) is 5.75 Å². The molecule has 0 heterocycles. The largest absolute Gasteiger partial charge is 0.495 e. The number of methoxy groups -OCH3 is 1. The summed E-state index contributed by atoms with van der Waals surface area (Å²) in [6.45, 7) is 1.69. The molecule has 0 aliphatic heterocycles. The molecular weight excluding hydrogens is 308 g/mol. The fourth-order valence-corrected chi connectivity index (χ4v) is 2.32. The standard InChI is InChI=1S/C15H19ClN2O4/c1-15(21,9-3-4-9)8-17-13(19)14(20)18-11-7-10(16)5-6-12(11)22-2/h5-7,9,21H,3-4,8H2,1-2H3,(H,17,19)(H,18,20). The van der Waals surface area contributed by atoms with Gasteiger partial charge < -0.3 is 20.5 Å². The van der Waals surface area contributed by atoms with Crippen LogP contribution in [-0.2, 0) is 9.59 Å². The number of amides is 2. The highest BCUT2D eigenvalue weighted by molar-refractivity contribution is 6.40. The summed E-state index contributed by atoms with van der Waals surface area (Å²) in [6, 6.07) is 4.70. The summed E-state index contributed by atoms with van der Waals surface area (Å²) in [6.07, 6.45) is 1.88. The second-order valence-corrected chi connectivity index (χ2v) is 6.05. The van der Waals surface area contributed by atoms with Crippen molar-refractivity contribution in [2.75, 3.05) is 19.0 Å². The predicted octanol–water partition coefficient (Wildman–Crippen LogP) is 1.56. The third-order valence-corrected chi connectivity index (χ3v) is 3.91. The molecule has 1 aromatic carbocycles. The highest BCUT2D eigenvalue weighted by Crippen LogP contribution is 2.39. The molecule has 1 atom stereocenters. The molecule has 1 unspecified atom stereocenters. The van der Waals surface area contributed by atoms with E-state index in [4.69, 9.17) is 16.3 Å². The van der Waals surface area contributed by atoms with Gasteiger partial charge in [-0.2, -0.15) is 0 Å². The second kappa shape index (κ2) is 6.54. The van der Waals surface area contributed by atoms with Gasteiger partial charge in [-0.25, -0.2) is 0 Å². The maximum atomic E-state index is 11.9.